The molecule has 0 N–H and O–H groups in total. The van der Waals surface area contributed by atoms with Crippen molar-refractivity contribution in [3.8, 4) is 0 Å². The molecule has 1 nitrogen and oxygen atoms in total. The average molecular weight is 166 g/mol. The second-order valence-corrected chi connectivity index (χ2v) is 3.37. The van der Waals surface area contributed by atoms with Gasteiger partial charge in [0.15, 0.2) is 5.78 Å². The zero-order valence-corrected chi connectivity index (χ0v) is 7.44. The SMILES string of the molecule is C/C=C/C(=O)c1ccsc1C. The number of ketones is 1. The van der Waals surface area contributed by atoms with E-state index in [0.717, 1.165) is 10.4 Å². The Morgan fingerprint density at radius 2 is 2.36 bits per heavy atom. The lowest BCUT2D eigenvalue weighted by atomic mass is 10.2. The lowest BCUT2D eigenvalue weighted by molar-refractivity contribution is 0.104. The van der Waals surface area contributed by atoms with Gasteiger partial charge in [-0.15, -0.1) is 11.3 Å². The van der Waals surface area contributed by atoms with E-state index in [0.29, 0.717) is 0 Å². The maximum absolute atomic E-state index is 11.2. The second-order valence-electron chi connectivity index (χ2n) is 2.25. The molecule has 1 aromatic heterocycles. The molecule has 0 aliphatic carbocycles. The minimum Gasteiger partial charge on any atom is -0.289 e. The topological polar surface area (TPSA) is 17.1 Å². The molecule has 0 aliphatic heterocycles. The number of carbonyl (C=O) groups excluding carboxylic acids is 1. The van der Waals surface area contributed by atoms with Crippen molar-refractivity contribution in [3.05, 3.63) is 34.0 Å². The van der Waals surface area contributed by atoms with Gasteiger partial charge in [0.25, 0.3) is 0 Å². The fourth-order valence-electron chi connectivity index (χ4n) is 0.882. The summed E-state index contributed by atoms with van der Waals surface area (Å²) >= 11 is 1.60. The fourth-order valence-corrected chi connectivity index (χ4v) is 1.59. The normalized spacial score (nSPS) is 10.7. The molecule has 1 aromatic rings. The molecule has 0 amide bonds. The fraction of sp³-hybridized carbons (Fsp3) is 0.222. The van der Waals surface area contributed by atoms with Crippen molar-refractivity contribution < 1.29 is 4.79 Å². The van der Waals surface area contributed by atoms with Crippen molar-refractivity contribution in [1.29, 1.82) is 0 Å². The van der Waals surface area contributed by atoms with Crippen LogP contribution in [0.15, 0.2) is 23.6 Å². The van der Waals surface area contributed by atoms with Gasteiger partial charge in [-0.05, 0) is 31.4 Å². The van der Waals surface area contributed by atoms with Crippen LogP contribution in [0.25, 0.3) is 0 Å². The molecule has 0 unspecified atom stereocenters. The Hall–Kier alpha value is -0.890. The summed E-state index contributed by atoms with van der Waals surface area (Å²) in [5.74, 6) is 0.103. The second kappa shape index (κ2) is 3.49. The van der Waals surface area contributed by atoms with E-state index < -0.39 is 0 Å². The molecule has 1 heterocycles. The third-order valence-corrected chi connectivity index (χ3v) is 2.29. The summed E-state index contributed by atoms with van der Waals surface area (Å²) in [7, 11) is 0. The first kappa shape index (κ1) is 8.21. The summed E-state index contributed by atoms with van der Waals surface area (Å²) in [6.07, 6.45) is 3.36. The van der Waals surface area contributed by atoms with Crippen LogP contribution in [0, 0.1) is 6.92 Å². The number of allylic oxidation sites excluding steroid dienone is 2. The average Bonchev–Trinajstić information content (AvgIpc) is 2.36. The number of rotatable bonds is 2. The van der Waals surface area contributed by atoms with E-state index >= 15 is 0 Å². The van der Waals surface area contributed by atoms with E-state index in [4.69, 9.17) is 0 Å². The Kier molecular flexibility index (Phi) is 2.60. The lowest BCUT2D eigenvalue weighted by Crippen LogP contribution is -1.92. The van der Waals surface area contributed by atoms with Crippen molar-refractivity contribution in [1.82, 2.24) is 0 Å². The van der Waals surface area contributed by atoms with Gasteiger partial charge in [-0.3, -0.25) is 4.79 Å². The minimum absolute atomic E-state index is 0.103. The molecule has 0 aromatic carbocycles. The van der Waals surface area contributed by atoms with E-state index in [1.54, 1.807) is 23.5 Å². The van der Waals surface area contributed by atoms with Gasteiger partial charge in [-0.25, -0.2) is 0 Å². The van der Waals surface area contributed by atoms with Crippen LogP contribution in [-0.4, -0.2) is 5.78 Å². The third kappa shape index (κ3) is 1.77. The number of hydrogen-bond donors (Lipinski definition) is 0. The van der Waals surface area contributed by atoms with Gasteiger partial charge in [0, 0.05) is 10.4 Å². The Morgan fingerprint density at radius 3 is 2.82 bits per heavy atom. The Bertz CT molecular complexity index is 284. The van der Waals surface area contributed by atoms with Gasteiger partial charge in [0.05, 0.1) is 0 Å². The highest BCUT2D eigenvalue weighted by Crippen LogP contribution is 2.15. The molecule has 1 rings (SSSR count). The molecule has 0 saturated heterocycles. The van der Waals surface area contributed by atoms with E-state index in [9.17, 15) is 4.79 Å². The van der Waals surface area contributed by atoms with Gasteiger partial charge < -0.3 is 0 Å². The van der Waals surface area contributed by atoms with Crippen LogP contribution in [0.2, 0.25) is 0 Å². The van der Waals surface area contributed by atoms with Crippen LogP contribution in [-0.2, 0) is 0 Å². The maximum atomic E-state index is 11.2. The Morgan fingerprint density at radius 1 is 1.64 bits per heavy atom. The quantitative estimate of drug-likeness (QED) is 0.487. The molecule has 11 heavy (non-hydrogen) atoms. The minimum atomic E-state index is 0.103. The highest BCUT2D eigenvalue weighted by molar-refractivity contribution is 7.10. The lowest BCUT2D eigenvalue weighted by Gasteiger charge is -1.90. The van der Waals surface area contributed by atoms with E-state index in [-0.39, 0.29) is 5.78 Å². The Labute approximate surface area is 70.4 Å². The number of hydrogen-bond acceptors (Lipinski definition) is 2. The highest BCUT2D eigenvalue weighted by atomic mass is 32.1. The molecule has 0 fully saturated rings. The molecule has 0 bridgehead atoms. The standard InChI is InChI=1S/C9H10OS/c1-3-4-9(10)8-5-6-11-7(8)2/h3-6H,1-2H3/b4-3+. The number of thiophene rings is 1. The van der Waals surface area contributed by atoms with Crippen LogP contribution in [0.4, 0.5) is 0 Å². The summed E-state index contributed by atoms with van der Waals surface area (Å²) in [4.78, 5) is 12.3. The maximum Gasteiger partial charge on any atom is 0.186 e. The molecule has 0 spiro atoms. The van der Waals surface area contributed by atoms with Gasteiger partial charge in [-0.1, -0.05) is 6.08 Å². The van der Waals surface area contributed by atoms with Crippen LogP contribution >= 0.6 is 11.3 Å². The van der Waals surface area contributed by atoms with Crippen molar-refractivity contribution in [2.45, 2.75) is 13.8 Å². The van der Waals surface area contributed by atoms with Gasteiger partial charge in [0.1, 0.15) is 0 Å². The summed E-state index contributed by atoms with van der Waals surface area (Å²) in [5.41, 5.74) is 0.827. The summed E-state index contributed by atoms with van der Waals surface area (Å²) in [6, 6.07) is 1.86. The molecule has 58 valence electrons. The number of carbonyl (C=O) groups is 1. The van der Waals surface area contributed by atoms with Gasteiger partial charge in [-0.2, -0.15) is 0 Å². The summed E-state index contributed by atoms with van der Waals surface area (Å²) < 4.78 is 0. The first-order valence-corrected chi connectivity index (χ1v) is 4.34. The van der Waals surface area contributed by atoms with Crippen molar-refractivity contribution in [2.75, 3.05) is 0 Å². The van der Waals surface area contributed by atoms with Gasteiger partial charge in [0.2, 0.25) is 0 Å². The molecular weight excluding hydrogens is 156 g/mol. The largest absolute Gasteiger partial charge is 0.289 e. The third-order valence-electron chi connectivity index (χ3n) is 1.44. The highest BCUT2D eigenvalue weighted by Gasteiger charge is 2.04. The van der Waals surface area contributed by atoms with Crippen LogP contribution in [0.3, 0.4) is 0 Å². The van der Waals surface area contributed by atoms with Crippen molar-refractivity contribution >= 4 is 17.1 Å². The molecule has 0 saturated carbocycles. The Balaban J connectivity index is 2.93. The van der Waals surface area contributed by atoms with Crippen LogP contribution in [0.5, 0.6) is 0 Å². The predicted octanol–water partition coefficient (Wildman–Crippen LogP) is 2.82. The monoisotopic (exact) mass is 166 g/mol. The first-order chi connectivity index (χ1) is 5.25. The molecule has 2 heteroatoms. The molecule has 0 atom stereocenters. The van der Waals surface area contributed by atoms with E-state index in [1.807, 2.05) is 25.3 Å². The molecule has 0 radical (unpaired) electrons. The van der Waals surface area contributed by atoms with Crippen LogP contribution in [0.1, 0.15) is 22.2 Å². The number of aryl methyl sites for hydroxylation is 1. The first-order valence-electron chi connectivity index (χ1n) is 3.47. The van der Waals surface area contributed by atoms with Crippen molar-refractivity contribution in [2.24, 2.45) is 0 Å². The molecular formula is C9H10OS. The smallest absolute Gasteiger partial charge is 0.186 e. The molecule has 0 aliphatic rings. The van der Waals surface area contributed by atoms with E-state index in [2.05, 4.69) is 0 Å². The zero-order valence-electron chi connectivity index (χ0n) is 6.63. The zero-order chi connectivity index (χ0) is 8.27. The predicted molar refractivity (Wildman–Crippen MR) is 48.2 cm³/mol. The van der Waals surface area contributed by atoms with Crippen LogP contribution < -0.4 is 0 Å². The van der Waals surface area contributed by atoms with Crippen molar-refractivity contribution in [3.63, 3.8) is 0 Å². The van der Waals surface area contributed by atoms with E-state index in [1.165, 1.54) is 0 Å². The summed E-state index contributed by atoms with van der Waals surface area (Å²) in [5, 5.41) is 1.94. The van der Waals surface area contributed by atoms with Gasteiger partial charge >= 0.3 is 0 Å². The summed E-state index contributed by atoms with van der Waals surface area (Å²) in [6.45, 7) is 3.81.